The van der Waals surface area contributed by atoms with Gasteiger partial charge in [0.25, 0.3) is 5.24 Å². The molecule has 2 heterocycles. The molecule has 2 unspecified atom stereocenters. The molecule has 2 atom stereocenters. The average Bonchev–Trinajstić information content (AvgIpc) is 3.21. The van der Waals surface area contributed by atoms with Crippen molar-refractivity contribution in [1.82, 2.24) is 10.2 Å². The second kappa shape index (κ2) is 7.06. The number of nitrogens with zero attached hydrogens (tertiary/aromatic N) is 1. The van der Waals surface area contributed by atoms with Gasteiger partial charge in [0, 0.05) is 11.8 Å². The number of urea groups is 1. The molecule has 1 aromatic carbocycles. The van der Waals surface area contributed by atoms with Gasteiger partial charge in [-0.2, -0.15) is 0 Å². The number of thioether (sulfide) groups is 1. The lowest BCUT2D eigenvalue weighted by Crippen LogP contribution is -2.55. The summed E-state index contributed by atoms with van der Waals surface area (Å²) < 4.78 is 10.6. The summed E-state index contributed by atoms with van der Waals surface area (Å²) in [5.41, 5.74) is 0.586. The Hall–Kier alpha value is -2.42. The Morgan fingerprint density at radius 3 is 2.77 bits per heavy atom. The van der Waals surface area contributed by atoms with Crippen LogP contribution in [-0.2, 0) is 4.79 Å². The van der Waals surface area contributed by atoms with Gasteiger partial charge in [0.1, 0.15) is 0 Å². The largest absolute Gasteiger partial charge is 0.454 e. The molecule has 8 nitrogen and oxygen atoms in total. The fourth-order valence-electron chi connectivity index (χ4n) is 3.58. The second-order valence-corrected chi connectivity index (χ2v) is 7.37. The number of carbonyl (C=O) groups excluding carboxylic acids is 3. The van der Waals surface area contributed by atoms with E-state index in [0.29, 0.717) is 23.6 Å². The molecule has 0 spiro atoms. The Bertz CT molecular complexity index is 740. The SMILES string of the molecule is O=C(Nc1ccc2c(c1)OCO2)NC1CCCCC1N1C(=O)CSC1=O. The molecule has 4 amide bonds. The van der Waals surface area contributed by atoms with Crippen LogP contribution in [0.25, 0.3) is 0 Å². The molecule has 2 aliphatic heterocycles. The summed E-state index contributed by atoms with van der Waals surface area (Å²) in [7, 11) is 0. The maximum absolute atomic E-state index is 12.4. The van der Waals surface area contributed by atoms with Crippen LogP contribution in [0.3, 0.4) is 0 Å². The van der Waals surface area contributed by atoms with E-state index in [4.69, 9.17) is 9.47 Å². The van der Waals surface area contributed by atoms with Crippen LogP contribution in [-0.4, -0.2) is 46.7 Å². The van der Waals surface area contributed by atoms with Crippen LogP contribution < -0.4 is 20.1 Å². The first-order chi connectivity index (χ1) is 12.6. The van der Waals surface area contributed by atoms with Gasteiger partial charge in [-0.25, -0.2) is 4.79 Å². The predicted molar refractivity (Wildman–Crippen MR) is 95.5 cm³/mol. The molecule has 0 radical (unpaired) electrons. The molecule has 26 heavy (non-hydrogen) atoms. The predicted octanol–water partition coefficient (Wildman–Crippen LogP) is 2.54. The van der Waals surface area contributed by atoms with Crippen LogP contribution in [0, 0.1) is 0 Å². The number of nitrogens with one attached hydrogen (secondary N) is 2. The van der Waals surface area contributed by atoms with Gasteiger partial charge in [-0.3, -0.25) is 14.5 Å². The van der Waals surface area contributed by atoms with E-state index in [0.717, 1.165) is 31.0 Å². The lowest BCUT2D eigenvalue weighted by molar-refractivity contribution is -0.127. The number of carbonyl (C=O) groups is 3. The molecular weight excluding hydrogens is 358 g/mol. The van der Waals surface area contributed by atoms with Crippen molar-refractivity contribution in [2.75, 3.05) is 17.9 Å². The zero-order valence-electron chi connectivity index (χ0n) is 14.0. The Balaban J connectivity index is 1.42. The number of benzene rings is 1. The molecule has 1 aliphatic carbocycles. The van der Waals surface area contributed by atoms with Gasteiger partial charge in [0.2, 0.25) is 12.7 Å². The summed E-state index contributed by atoms with van der Waals surface area (Å²) in [5.74, 6) is 1.25. The molecule has 0 aromatic heterocycles. The Kier molecular flexibility index (Phi) is 4.62. The fourth-order valence-corrected chi connectivity index (χ4v) is 4.35. The number of ether oxygens (including phenoxy) is 2. The monoisotopic (exact) mass is 377 g/mol. The van der Waals surface area contributed by atoms with E-state index in [2.05, 4.69) is 10.6 Å². The van der Waals surface area contributed by atoms with Gasteiger partial charge in [0.05, 0.1) is 17.8 Å². The van der Waals surface area contributed by atoms with E-state index in [1.54, 1.807) is 18.2 Å². The van der Waals surface area contributed by atoms with Gasteiger partial charge in [-0.05, 0) is 25.0 Å². The number of anilines is 1. The average molecular weight is 377 g/mol. The molecule has 9 heteroatoms. The molecule has 138 valence electrons. The number of hydrogen-bond acceptors (Lipinski definition) is 6. The van der Waals surface area contributed by atoms with E-state index in [-0.39, 0.29) is 41.8 Å². The van der Waals surface area contributed by atoms with Crippen LogP contribution in [0.2, 0.25) is 0 Å². The third-order valence-corrected chi connectivity index (χ3v) is 5.63. The summed E-state index contributed by atoms with van der Waals surface area (Å²) in [5, 5.41) is 5.48. The first-order valence-electron chi connectivity index (χ1n) is 8.58. The maximum Gasteiger partial charge on any atom is 0.319 e. The van der Waals surface area contributed by atoms with Gasteiger partial charge in [0.15, 0.2) is 11.5 Å². The van der Waals surface area contributed by atoms with Gasteiger partial charge >= 0.3 is 6.03 Å². The molecule has 3 aliphatic rings. The van der Waals surface area contributed by atoms with Crippen LogP contribution in [0.15, 0.2) is 18.2 Å². The molecule has 4 rings (SSSR count). The van der Waals surface area contributed by atoms with Crippen molar-refractivity contribution in [2.24, 2.45) is 0 Å². The standard InChI is InChI=1S/C17H19N3O5S/c21-15-8-26-17(23)20(15)12-4-2-1-3-11(12)19-16(22)18-10-5-6-13-14(7-10)25-9-24-13/h5-7,11-12H,1-4,8-9H2,(H2,18,19,22). The summed E-state index contributed by atoms with van der Waals surface area (Å²) in [4.78, 5) is 37.8. The normalized spacial score (nSPS) is 24.7. The minimum atomic E-state index is -0.368. The third-order valence-electron chi connectivity index (χ3n) is 4.79. The van der Waals surface area contributed by atoms with Crippen molar-refractivity contribution < 1.29 is 23.9 Å². The number of amides is 4. The topological polar surface area (TPSA) is 97.0 Å². The Morgan fingerprint density at radius 2 is 1.96 bits per heavy atom. The Morgan fingerprint density at radius 1 is 1.15 bits per heavy atom. The molecule has 1 aromatic rings. The Labute approximate surface area is 154 Å². The van der Waals surface area contributed by atoms with Crippen molar-refractivity contribution >= 4 is 34.6 Å². The second-order valence-electron chi connectivity index (χ2n) is 6.44. The van der Waals surface area contributed by atoms with Crippen molar-refractivity contribution in [3.05, 3.63) is 18.2 Å². The number of fused-ring (bicyclic) bond motifs is 1. The van der Waals surface area contributed by atoms with Gasteiger partial charge in [-0.15, -0.1) is 0 Å². The highest BCUT2D eigenvalue weighted by Crippen LogP contribution is 2.34. The lowest BCUT2D eigenvalue weighted by Gasteiger charge is -2.36. The quantitative estimate of drug-likeness (QED) is 0.840. The van der Waals surface area contributed by atoms with Gasteiger partial charge < -0.3 is 20.1 Å². The lowest BCUT2D eigenvalue weighted by atomic mass is 9.89. The summed E-state index contributed by atoms with van der Waals surface area (Å²) >= 11 is 1.03. The molecular formula is C17H19N3O5S. The molecule has 0 bridgehead atoms. The zero-order valence-corrected chi connectivity index (χ0v) is 14.8. The van der Waals surface area contributed by atoms with Gasteiger partial charge in [-0.1, -0.05) is 24.6 Å². The summed E-state index contributed by atoms with van der Waals surface area (Å²) in [6.07, 6.45) is 3.34. The fraction of sp³-hybridized carbons (Fsp3) is 0.471. The van der Waals surface area contributed by atoms with Crippen molar-refractivity contribution in [3.63, 3.8) is 0 Å². The van der Waals surface area contributed by atoms with Crippen LogP contribution in [0.1, 0.15) is 25.7 Å². The molecule has 1 saturated heterocycles. The van der Waals surface area contributed by atoms with Crippen molar-refractivity contribution in [1.29, 1.82) is 0 Å². The number of rotatable bonds is 3. The van der Waals surface area contributed by atoms with E-state index in [1.807, 2.05) is 0 Å². The first-order valence-corrected chi connectivity index (χ1v) is 9.56. The van der Waals surface area contributed by atoms with E-state index in [9.17, 15) is 14.4 Å². The minimum absolute atomic E-state index is 0.171. The molecule has 2 fully saturated rings. The minimum Gasteiger partial charge on any atom is -0.454 e. The number of imide groups is 1. The molecule has 1 saturated carbocycles. The maximum atomic E-state index is 12.4. The molecule has 2 N–H and O–H groups in total. The highest BCUT2D eigenvalue weighted by Gasteiger charge is 2.41. The van der Waals surface area contributed by atoms with E-state index in [1.165, 1.54) is 4.90 Å². The highest BCUT2D eigenvalue weighted by atomic mass is 32.2. The van der Waals surface area contributed by atoms with Crippen molar-refractivity contribution in [3.8, 4) is 11.5 Å². The van der Waals surface area contributed by atoms with Crippen molar-refractivity contribution in [2.45, 2.75) is 37.8 Å². The summed E-state index contributed by atoms with van der Waals surface area (Å²) in [6.45, 7) is 0.171. The summed E-state index contributed by atoms with van der Waals surface area (Å²) in [6, 6.07) is 4.28. The van der Waals surface area contributed by atoms with E-state index >= 15 is 0 Å². The van der Waals surface area contributed by atoms with Crippen LogP contribution >= 0.6 is 11.8 Å². The third kappa shape index (κ3) is 3.31. The first kappa shape index (κ1) is 17.0. The number of hydrogen-bond donors (Lipinski definition) is 2. The van der Waals surface area contributed by atoms with Crippen LogP contribution in [0.5, 0.6) is 11.5 Å². The smallest absolute Gasteiger partial charge is 0.319 e. The highest BCUT2D eigenvalue weighted by molar-refractivity contribution is 8.14. The van der Waals surface area contributed by atoms with Crippen LogP contribution in [0.4, 0.5) is 15.3 Å². The van der Waals surface area contributed by atoms with E-state index < -0.39 is 0 Å². The zero-order chi connectivity index (χ0) is 18.1.